The number of carbonyl (C=O) groups excluding carboxylic acids is 2. The van der Waals surface area contributed by atoms with Crippen LogP contribution in [0, 0.1) is 0 Å². The molecule has 0 spiro atoms. The SMILES string of the molecule is CC[C@@H](C)NC(=O)[C@H](CC)N(Cc1ccccc1)C(=O)CN(c1ccc(C(C)C)cc1)S(=O)(=O)c1ccccc1. The first kappa shape index (κ1) is 30.9. The third kappa shape index (κ3) is 7.72. The van der Waals surface area contributed by atoms with Crippen molar-refractivity contribution < 1.29 is 18.0 Å². The Balaban J connectivity index is 2.04. The summed E-state index contributed by atoms with van der Waals surface area (Å²) in [6.07, 6.45) is 1.14. The molecule has 0 radical (unpaired) electrons. The van der Waals surface area contributed by atoms with Gasteiger partial charge in [-0.15, -0.1) is 0 Å². The predicted octanol–water partition coefficient (Wildman–Crippen LogP) is 5.73. The van der Waals surface area contributed by atoms with Gasteiger partial charge < -0.3 is 10.2 Å². The molecular formula is C32H41N3O4S. The Hall–Kier alpha value is -3.65. The Morgan fingerprint density at radius 2 is 1.38 bits per heavy atom. The first-order valence-corrected chi connectivity index (χ1v) is 15.3. The van der Waals surface area contributed by atoms with Gasteiger partial charge in [-0.3, -0.25) is 13.9 Å². The molecule has 7 nitrogen and oxygen atoms in total. The molecule has 0 aromatic heterocycles. The summed E-state index contributed by atoms with van der Waals surface area (Å²) in [5.41, 5.74) is 2.30. The Kier molecular flexibility index (Phi) is 10.9. The minimum absolute atomic E-state index is 0.0512. The van der Waals surface area contributed by atoms with E-state index in [0.29, 0.717) is 12.1 Å². The van der Waals surface area contributed by atoms with Gasteiger partial charge in [-0.25, -0.2) is 8.42 Å². The van der Waals surface area contributed by atoms with E-state index in [9.17, 15) is 18.0 Å². The Morgan fingerprint density at radius 3 is 1.90 bits per heavy atom. The van der Waals surface area contributed by atoms with E-state index < -0.39 is 28.5 Å². The van der Waals surface area contributed by atoms with Crippen LogP contribution in [0.4, 0.5) is 5.69 Å². The summed E-state index contributed by atoms with van der Waals surface area (Å²) in [6.45, 7) is 9.62. The molecule has 0 unspecified atom stereocenters. The number of amides is 2. The van der Waals surface area contributed by atoms with Crippen LogP contribution in [0.5, 0.6) is 0 Å². The number of benzene rings is 3. The van der Waals surface area contributed by atoms with Crippen LogP contribution < -0.4 is 9.62 Å². The van der Waals surface area contributed by atoms with Crippen LogP contribution in [-0.4, -0.2) is 43.8 Å². The molecule has 0 saturated carbocycles. The molecular weight excluding hydrogens is 522 g/mol. The van der Waals surface area contributed by atoms with Crippen molar-refractivity contribution in [3.05, 3.63) is 96.1 Å². The van der Waals surface area contributed by atoms with Crippen molar-refractivity contribution in [2.45, 2.75) is 76.9 Å². The molecule has 0 aliphatic heterocycles. The maximum atomic E-state index is 14.1. The normalized spacial score (nSPS) is 12.9. The summed E-state index contributed by atoms with van der Waals surface area (Å²) >= 11 is 0. The molecule has 3 rings (SSSR count). The molecule has 8 heteroatoms. The number of nitrogens with one attached hydrogen (secondary N) is 1. The highest BCUT2D eigenvalue weighted by molar-refractivity contribution is 7.92. The number of sulfonamides is 1. The van der Waals surface area contributed by atoms with Crippen LogP contribution in [0.1, 0.15) is 64.5 Å². The fourth-order valence-corrected chi connectivity index (χ4v) is 5.85. The average Bonchev–Trinajstić information content (AvgIpc) is 2.96. The molecule has 0 aliphatic rings. The first-order valence-electron chi connectivity index (χ1n) is 13.9. The number of rotatable bonds is 13. The van der Waals surface area contributed by atoms with Gasteiger partial charge in [0.25, 0.3) is 10.0 Å². The van der Waals surface area contributed by atoms with Gasteiger partial charge in [-0.1, -0.05) is 88.4 Å². The summed E-state index contributed by atoms with van der Waals surface area (Å²) in [6, 6.07) is 23.9. The van der Waals surface area contributed by atoms with E-state index in [1.54, 1.807) is 30.3 Å². The fourth-order valence-electron chi connectivity index (χ4n) is 4.41. The highest BCUT2D eigenvalue weighted by Crippen LogP contribution is 2.27. The smallest absolute Gasteiger partial charge is 0.264 e. The lowest BCUT2D eigenvalue weighted by Crippen LogP contribution is -2.53. The first-order chi connectivity index (χ1) is 19.1. The molecule has 1 N–H and O–H groups in total. The second-order valence-electron chi connectivity index (χ2n) is 10.3. The second kappa shape index (κ2) is 14.1. The van der Waals surface area contributed by atoms with Gasteiger partial charge in [-0.2, -0.15) is 0 Å². The standard InChI is InChI=1S/C32H41N3O4S/c1-6-25(5)33-32(37)30(7-2)34(22-26-14-10-8-11-15-26)31(36)23-35(28-20-18-27(19-21-28)24(3)4)40(38,39)29-16-12-9-13-17-29/h8-21,24-25,30H,6-7,22-23H2,1-5H3,(H,33,37)/t25-,30+/m1/s1. The minimum Gasteiger partial charge on any atom is -0.352 e. The van der Waals surface area contributed by atoms with E-state index in [1.165, 1.54) is 17.0 Å². The van der Waals surface area contributed by atoms with Gasteiger partial charge in [0.05, 0.1) is 10.6 Å². The van der Waals surface area contributed by atoms with Gasteiger partial charge >= 0.3 is 0 Å². The number of hydrogen-bond donors (Lipinski definition) is 1. The maximum absolute atomic E-state index is 14.1. The Labute approximate surface area is 239 Å². The topological polar surface area (TPSA) is 86.8 Å². The van der Waals surface area contributed by atoms with E-state index in [-0.39, 0.29) is 29.3 Å². The van der Waals surface area contributed by atoms with Crippen molar-refractivity contribution in [3.8, 4) is 0 Å². The van der Waals surface area contributed by atoms with Crippen LogP contribution in [0.25, 0.3) is 0 Å². The van der Waals surface area contributed by atoms with Gasteiger partial charge in [-0.05, 0) is 61.1 Å². The third-order valence-corrected chi connectivity index (χ3v) is 8.83. The number of carbonyl (C=O) groups is 2. The maximum Gasteiger partial charge on any atom is 0.264 e. The molecule has 214 valence electrons. The molecule has 0 bridgehead atoms. The lowest BCUT2D eigenvalue weighted by molar-refractivity contribution is -0.140. The molecule has 2 atom stereocenters. The molecule has 0 heterocycles. The number of hydrogen-bond acceptors (Lipinski definition) is 4. The highest BCUT2D eigenvalue weighted by Gasteiger charge is 2.34. The molecule has 2 amide bonds. The largest absolute Gasteiger partial charge is 0.352 e. The minimum atomic E-state index is -4.08. The van der Waals surface area contributed by atoms with E-state index in [1.807, 2.05) is 63.2 Å². The van der Waals surface area contributed by atoms with Crippen LogP contribution in [0.15, 0.2) is 89.8 Å². The van der Waals surface area contributed by atoms with Crippen molar-refractivity contribution in [1.82, 2.24) is 10.2 Å². The van der Waals surface area contributed by atoms with Gasteiger partial charge in [0, 0.05) is 12.6 Å². The van der Waals surface area contributed by atoms with Crippen molar-refractivity contribution in [1.29, 1.82) is 0 Å². The molecule has 40 heavy (non-hydrogen) atoms. The predicted molar refractivity (Wildman–Crippen MR) is 160 cm³/mol. The van der Waals surface area contributed by atoms with Crippen LogP contribution >= 0.6 is 0 Å². The lowest BCUT2D eigenvalue weighted by Gasteiger charge is -2.33. The summed E-state index contributed by atoms with van der Waals surface area (Å²) in [4.78, 5) is 29.0. The summed E-state index contributed by atoms with van der Waals surface area (Å²) in [7, 11) is -4.08. The van der Waals surface area contributed by atoms with Gasteiger partial charge in [0.2, 0.25) is 11.8 Å². The van der Waals surface area contributed by atoms with E-state index in [2.05, 4.69) is 19.2 Å². The second-order valence-corrected chi connectivity index (χ2v) is 12.2. The molecule has 0 fully saturated rings. The van der Waals surface area contributed by atoms with Crippen molar-refractivity contribution in [3.63, 3.8) is 0 Å². The quantitative estimate of drug-likeness (QED) is 0.288. The van der Waals surface area contributed by atoms with E-state index >= 15 is 0 Å². The Bertz CT molecular complexity index is 1340. The van der Waals surface area contributed by atoms with Gasteiger partial charge in [0.1, 0.15) is 12.6 Å². The summed E-state index contributed by atoms with van der Waals surface area (Å²) < 4.78 is 28.9. The zero-order chi connectivity index (χ0) is 29.3. The molecule has 0 saturated heterocycles. The fraction of sp³-hybridized carbons (Fsp3) is 0.375. The lowest BCUT2D eigenvalue weighted by atomic mass is 10.0. The summed E-state index contributed by atoms with van der Waals surface area (Å²) in [5, 5.41) is 2.99. The molecule has 0 aliphatic carbocycles. The monoisotopic (exact) mass is 563 g/mol. The van der Waals surface area contributed by atoms with Crippen LogP contribution in [-0.2, 0) is 26.2 Å². The number of anilines is 1. The zero-order valence-electron chi connectivity index (χ0n) is 24.1. The van der Waals surface area contributed by atoms with Crippen LogP contribution in [0.2, 0.25) is 0 Å². The van der Waals surface area contributed by atoms with Crippen LogP contribution in [0.3, 0.4) is 0 Å². The van der Waals surface area contributed by atoms with E-state index in [4.69, 9.17) is 0 Å². The highest BCUT2D eigenvalue weighted by atomic mass is 32.2. The van der Waals surface area contributed by atoms with Gasteiger partial charge in [0.15, 0.2) is 0 Å². The Morgan fingerprint density at radius 1 is 0.800 bits per heavy atom. The van der Waals surface area contributed by atoms with Crippen molar-refractivity contribution in [2.24, 2.45) is 0 Å². The molecule has 3 aromatic rings. The average molecular weight is 564 g/mol. The van der Waals surface area contributed by atoms with Crippen molar-refractivity contribution in [2.75, 3.05) is 10.8 Å². The third-order valence-electron chi connectivity index (χ3n) is 7.04. The summed E-state index contributed by atoms with van der Waals surface area (Å²) in [5.74, 6) is -0.437. The molecule has 3 aromatic carbocycles. The van der Waals surface area contributed by atoms with Crippen molar-refractivity contribution >= 4 is 27.5 Å². The zero-order valence-corrected chi connectivity index (χ0v) is 24.9. The van der Waals surface area contributed by atoms with E-state index in [0.717, 1.165) is 21.9 Å². The number of nitrogens with zero attached hydrogens (tertiary/aromatic N) is 2.